The Bertz CT molecular complexity index is 1160. The number of benzene rings is 1. The Labute approximate surface area is 178 Å². The molecule has 1 aromatic carbocycles. The number of aromatic nitrogens is 1. The number of hydrogen-bond donors (Lipinski definition) is 1. The highest BCUT2D eigenvalue weighted by Crippen LogP contribution is 2.28. The van der Waals surface area contributed by atoms with Gasteiger partial charge in [-0.05, 0) is 25.1 Å². The molecule has 1 aliphatic heterocycles. The minimum Gasteiger partial charge on any atom is -0.466 e. The quantitative estimate of drug-likeness (QED) is 0.655. The number of nitrogens with zero attached hydrogens (tertiary/aromatic N) is 2. The summed E-state index contributed by atoms with van der Waals surface area (Å²) in [4.78, 5) is 37.0. The molecule has 0 saturated carbocycles. The van der Waals surface area contributed by atoms with Crippen molar-refractivity contribution in [3.8, 4) is 5.69 Å². The number of nitrogens with one attached hydrogen (secondary N) is 1. The van der Waals surface area contributed by atoms with Gasteiger partial charge in [-0.2, -0.15) is 0 Å². The molecule has 2 aromatic rings. The van der Waals surface area contributed by atoms with E-state index >= 15 is 0 Å². The third-order valence-electron chi connectivity index (χ3n) is 4.99. The molecule has 0 unspecified atom stereocenters. The summed E-state index contributed by atoms with van der Waals surface area (Å²) in [6, 6.07) is 8.36. The van der Waals surface area contributed by atoms with Gasteiger partial charge in [0.2, 0.25) is 15.9 Å². The van der Waals surface area contributed by atoms with E-state index in [0.29, 0.717) is 0 Å². The molecule has 166 valence electrons. The van der Waals surface area contributed by atoms with E-state index in [0.717, 1.165) is 16.6 Å². The normalized spacial score (nSPS) is 19.2. The van der Waals surface area contributed by atoms with E-state index in [1.807, 2.05) is 0 Å². The number of amides is 1. The Hall–Kier alpha value is -3.05. The van der Waals surface area contributed by atoms with Gasteiger partial charge >= 0.3 is 5.97 Å². The molecule has 0 bridgehead atoms. The number of rotatable bonds is 6. The lowest BCUT2D eigenvalue weighted by atomic mass is 9.95. The average molecular weight is 451 g/mol. The van der Waals surface area contributed by atoms with Crippen LogP contribution in [0.1, 0.15) is 6.92 Å². The van der Waals surface area contributed by atoms with Gasteiger partial charge in [0.05, 0.1) is 36.1 Å². The Morgan fingerprint density at radius 1 is 1.19 bits per heavy atom. The smallest absolute Gasteiger partial charge is 0.311 e. The van der Waals surface area contributed by atoms with Gasteiger partial charge in [-0.15, -0.1) is 0 Å². The molecule has 9 nitrogen and oxygen atoms in total. The predicted molar refractivity (Wildman–Crippen MR) is 111 cm³/mol. The molecule has 2 atom stereocenters. The number of esters is 1. The highest BCUT2D eigenvalue weighted by atomic mass is 32.2. The van der Waals surface area contributed by atoms with Crippen molar-refractivity contribution in [3.05, 3.63) is 58.8 Å². The number of anilines is 1. The topological polar surface area (TPSA) is 115 Å². The van der Waals surface area contributed by atoms with E-state index in [-0.39, 0.29) is 36.6 Å². The monoisotopic (exact) mass is 451 g/mol. The van der Waals surface area contributed by atoms with Crippen LogP contribution in [0.3, 0.4) is 0 Å². The molecule has 31 heavy (non-hydrogen) atoms. The van der Waals surface area contributed by atoms with E-state index in [4.69, 9.17) is 4.74 Å². The van der Waals surface area contributed by atoms with Gasteiger partial charge in [-0.1, -0.05) is 6.07 Å². The molecule has 1 fully saturated rings. The Morgan fingerprint density at radius 2 is 1.90 bits per heavy atom. The molecular formula is C20H22FN3O6S. The minimum absolute atomic E-state index is 0.0808. The van der Waals surface area contributed by atoms with Gasteiger partial charge in [0.25, 0.3) is 5.56 Å². The zero-order valence-electron chi connectivity index (χ0n) is 16.9. The van der Waals surface area contributed by atoms with Crippen LogP contribution in [0.15, 0.2) is 47.4 Å². The lowest BCUT2D eigenvalue weighted by Crippen LogP contribution is -2.34. The highest BCUT2D eigenvalue weighted by Gasteiger charge is 2.45. The van der Waals surface area contributed by atoms with Gasteiger partial charge in [-0.25, -0.2) is 17.1 Å². The summed E-state index contributed by atoms with van der Waals surface area (Å²) < 4.78 is 45.7. The number of ether oxygens (including phenoxy) is 1. The molecule has 1 aliphatic rings. The number of halogens is 1. The standard InChI is InChI=1S/C20H22FN3O6S/c1-3-30-20(27)15-12-23(31(2,28)29)11-14(15)19(26)22-17-8-7-13(10-16(17)21)24-9-5-4-6-18(24)25/h4-10,14-15H,3,11-12H2,1-2H3,(H,22,26)/t14-,15-/m0/s1. The molecule has 1 aromatic heterocycles. The van der Waals surface area contributed by atoms with Crippen LogP contribution in [0, 0.1) is 17.7 Å². The van der Waals surface area contributed by atoms with E-state index in [1.165, 1.54) is 29.0 Å². The lowest BCUT2D eigenvalue weighted by molar-refractivity contribution is -0.150. The second-order valence-corrected chi connectivity index (χ2v) is 9.09. The summed E-state index contributed by atoms with van der Waals surface area (Å²) in [5.74, 6) is -4.21. The first-order valence-corrected chi connectivity index (χ1v) is 11.4. The maximum absolute atomic E-state index is 14.6. The van der Waals surface area contributed by atoms with Crippen molar-refractivity contribution < 1.29 is 27.1 Å². The van der Waals surface area contributed by atoms with Gasteiger partial charge in [0.15, 0.2) is 0 Å². The van der Waals surface area contributed by atoms with Crippen LogP contribution in [-0.2, 0) is 24.3 Å². The van der Waals surface area contributed by atoms with E-state index in [9.17, 15) is 27.2 Å². The van der Waals surface area contributed by atoms with Crippen LogP contribution in [0.5, 0.6) is 0 Å². The van der Waals surface area contributed by atoms with Gasteiger partial charge in [0, 0.05) is 31.4 Å². The molecule has 0 spiro atoms. The van der Waals surface area contributed by atoms with Crippen LogP contribution in [0.2, 0.25) is 0 Å². The van der Waals surface area contributed by atoms with Crippen molar-refractivity contribution in [1.29, 1.82) is 0 Å². The summed E-state index contributed by atoms with van der Waals surface area (Å²) in [6.45, 7) is 1.28. The number of pyridine rings is 1. The second-order valence-electron chi connectivity index (χ2n) is 7.11. The van der Waals surface area contributed by atoms with Crippen molar-refractivity contribution in [2.75, 3.05) is 31.3 Å². The fourth-order valence-electron chi connectivity index (χ4n) is 3.41. The van der Waals surface area contributed by atoms with Crippen molar-refractivity contribution in [2.45, 2.75) is 6.92 Å². The Kier molecular flexibility index (Phi) is 6.56. The van der Waals surface area contributed by atoms with Gasteiger partial charge in [-0.3, -0.25) is 19.0 Å². The lowest BCUT2D eigenvalue weighted by Gasteiger charge is -2.17. The summed E-state index contributed by atoms with van der Waals surface area (Å²) >= 11 is 0. The molecular weight excluding hydrogens is 429 g/mol. The largest absolute Gasteiger partial charge is 0.466 e. The maximum atomic E-state index is 14.6. The molecule has 0 aliphatic carbocycles. The summed E-state index contributed by atoms with van der Waals surface area (Å²) in [6.07, 6.45) is 2.47. The highest BCUT2D eigenvalue weighted by molar-refractivity contribution is 7.88. The fraction of sp³-hybridized carbons (Fsp3) is 0.350. The number of carbonyl (C=O) groups is 2. The third-order valence-corrected chi connectivity index (χ3v) is 6.23. The van der Waals surface area contributed by atoms with Gasteiger partial charge < -0.3 is 10.1 Å². The van der Waals surface area contributed by atoms with Crippen LogP contribution in [0.4, 0.5) is 10.1 Å². The Morgan fingerprint density at radius 3 is 2.52 bits per heavy atom. The summed E-state index contributed by atoms with van der Waals surface area (Å²) in [5, 5.41) is 2.41. The average Bonchev–Trinajstić information content (AvgIpc) is 3.16. The molecule has 3 rings (SSSR count). The van der Waals surface area contributed by atoms with Gasteiger partial charge in [0.1, 0.15) is 5.82 Å². The second kappa shape index (κ2) is 8.98. The molecule has 2 heterocycles. The molecule has 1 amide bonds. The van der Waals surface area contributed by atoms with Crippen molar-refractivity contribution in [2.24, 2.45) is 11.8 Å². The van der Waals surface area contributed by atoms with Crippen molar-refractivity contribution >= 4 is 27.6 Å². The first kappa shape index (κ1) is 22.6. The number of sulfonamides is 1. The fourth-order valence-corrected chi connectivity index (χ4v) is 4.28. The van der Waals surface area contributed by atoms with E-state index < -0.39 is 39.6 Å². The van der Waals surface area contributed by atoms with E-state index in [1.54, 1.807) is 19.1 Å². The summed E-state index contributed by atoms with van der Waals surface area (Å²) in [5.41, 5.74) is -0.226. The molecule has 11 heteroatoms. The summed E-state index contributed by atoms with van der Waals surface area (Å²) in [7, 11) is -3.63. The first-order chi connectivity index (χ1) is 14.6. The van der Waals surface area contributed by atoms with Crippen LogP contribution in [-0.4, -0.2) is 55.1 Å². The predicted octanol–water partition coefficient (Wildman–Crippen LogP) is 0.986. The van der Waals surface area contributed by atoms with E-state index in [2.05, 4.69) is 5.32 Å². The number of carbonyl (C=O) groups excluding carboxylic acids is 2. The zero-order valence-corrected chi connectivity index (χ0v) is 17.8. The SMILES string of the molecule is CCOC(=O)[C@H]1CN(S(C)(=O)=O)C[C@@H]1C(=O)Nc1ccc(-n2ccccc2=O)cc1F. The van der Waals surface area contributed by atoms with Crippen molar-refractivity contribution in [3.63, 3.8) is 0 Å². The minimum atomic E-state index is -3.63. The van der Waals surface area contributed by atoms with Crippen molar-refractivity contribution in [1.82, 2.24) is 8.87 Å². The van der Waals surface area contributed by atoms with Crippen LogP contribution < -0.4 is 10.9 Å². The zero-order chi connectivity index (χ0) is 22.8. The molecule has 0 radical (unpaired) electrons. The third kappa shape index (κ3) is 5.00. The maximum Gasteiger partial charge on any atom is 0.311 e. The molecule has 1 saturated heterocycles. The first-order valence-electron chi connectivity index (χ1n) is 9.52. The molecule has 1 N–H and O–H groups in total. The Balaban J connectivity index is 1.83. The van der Waals surface area contributed by atoms with Crippen LogP contribution in [0.25, 0.3) is 5.69 Å². The van der Waals surface area contributed by atoms with Crippen LogP contribution >= 0.6 is 0 Å². The number of hydrogen-bond acceptors (Lipinski definition) is 6.